The second-order valence-electron chi connectivity index (χ2n) is 3.80. The van der Waals surface area contributed by atoms with E-state index in [0.29, 0.717) is 5.92 Å². The first-order valence-electron chi connectivity index (χ1n) is 4.84. The first-order chi connectivity index (χ1) is 6.31. The van der Waals surface area contributed by atoms with E-state index >= 15 is 0 Å². The Bertz CT molecular complexity index is 204. The lowest BCUT2D eigenvalue weighted by Gasteiger charge is -2.08. The molecule has 0 bridgehead atoms. The number of rotatable bonds is 3. The molecule has 0 aromatic carbocycles. The quantitative estimate of drug-likeness (QED) is 0.694. The zero-order valence-corrected chi connectivity index (χ0v) is 8.35. The molecular formula is C9H15NO2S. The molecule has 2 rings (SSSR count). The van der Waals surface area contributed by atoms with Gasteiger partial charge in [0.05, 0.1) is 5.25 Å². The highest BCUT2D eigenvalue weighted by Gasteiger charge is 2.39. The van der Waals surface area contributed by atoms with Gasteiger partial charge in [-0.15, -0.1) is 11.8 Å². The molecule has 1 amide bonds. The summed E-state index contributed by atoms with van der Waals surface area (Å²) in [6.07, 6.45) is 3.14. The van der Waals surface area contributed by atoms with Gasteiger partial charge >= 0.3 is 0 Å². The molecule has 4 heteroatoms. The van der Waals surface area contributed by atoms with Gasteiger partial charge in [-0.2, -0.15) is 0 Å². The second-order valence-corrected chi connectivity index (χ2v) is 5.11. The lowest BCUT2D eigenvalue weighted by Crippen LogP contribution is -2.34. The highest BCUT2D eigenvalue weighted by molar-refractivity contribution is 8.00. The SMILES string of the molecule is O=C(NC1CC1CO)C1CCCS1. The van der Waals surface area contributed by atoms with Crippen LogP contribution in [-0.4, -0.2) is 34.7 Å². The molecule has 0 spiro atoms. The van der Waals surface area contributed by atoms with Crippen molar-refractivity contribution in [1.29, 1.82) is 0 Å². The zero-order chi connectivity index (χ0) is 9.26. The van der Waals surface area contributed by atoms with Crippen molar-refractivity contribution in [3.63, 3.8) is 0 Å². The monoisotopic (exact) mass is 201 g/mol. The minimum Gasteiger partial charge on any atom is -0.396 e. The largest absolute Gasteiger partial charge is 0.396 e. The molecule has 74 valence electrons. The Labute approximate surface area is 82.3 Å². The molecule has 1 aliphatic heterocycles. The predicted molar refractivity (Wildman–Crippen MR) is 52.6 cm³/mol. The van der Waals surface area contributed by atoms with Gasteiger partial charge in [-0.1, -0.05) is 0 Å². The van der Waals surface area contributed by atoms with Crippen LogP contribution in [0.5, 0.6) is 0 Å². The Morgan fingerprint density at radius 1 is 1.62 bits per heavy atom. The maximum absolute atomic E-state index is 11.5. The molecule has 1 aliphatic carbocycles. The third-order valence-electron chi connectivity index (χ3n) is 2.71. The molecule has 3 unspecified atom stereocenters. The van der Waals surface area contributed by atoms with Crippen LogP contribution in [0.1, 0.15) is 19.3 Å². The number of aliphatic hydroxyl groups is 1. The van der Waals surface area contributed by atoms with Gasteiger partial charge in [0.15, 0.2) is 0 Å². The normalized spacial score (nSPS) is 37.5. The summed E-state index contributed by atoms with van der Waals surface area (Å²) >= 11 is 1.75. The van der Waals surface area contributed by atoms with Crippen molar-refractivity contribution in [3.8, 4) is 0 Å². The van der Waals surface area contributed by atoms with Crippen molar-refractivity contribution in [2.24, 2.45) is 5.92 Å². The number of amides is 1. The van der Waals surface area contributed by atoms with Gasteiger partial charge < -0.3 is 10.4 Å². The van der Waals surface area contributed by atoms with Crippen LogP contribution in [0.2, 0.25) is 0 Å². The zero-order valence-electron chi connectivity index (χ0n) is 7.53. The maximum atomic E-state index is 11.5. The highest BCUT2D eigenvalue weighted by atomic mass is 32.2. The van der Waals surface area contributed by atoms with Crippen molar-refractivity contribution in [1.82, 2.24) is 5.32 Å². The molecular weight excluding hydrogens is 186 g/mol. The molecule has 1 heterocycles. The lowest BCUT2D eigenvalue weighted by atomic mass is 10.2. The molecule has 3 nitrogen and oxygen atoms in total. The van der Waals surface area contributed by atoms with E-state index in [1.807, 2.05) is 0 Å². The van der Waals surface area contributed by atoms with Crippen LogP contribution in [0.4, 0.5) is 0 Å². The standard InChI is InChI=1S/C9H15NO2S/c11-5-6-4-7(6)10-9(12)8-2-1-3-13-8/h6-8,11H,1-5H2,(H,10,12). The van der Waals surface area contributed by atoms with Crippen molar-refractivity contribution in [3.05, 3.63) is 0 Å². The highest BCUT2D eigenvalue weighted by Crippen LogP contribution is 2.31. The molecule has 1 saturated carbocycles. The first-order valence-corrected chi connectivity index (χ1v) is 5.89. The van der Waals surface area contributed by atoms with Gasteiger partial charge in [-0.3, -0.25) is 4.79 Å². The summed E-state index contributed by atoms with van der Waals surface area (Å²) in [5.41, 5.74) is 0. The van der Waals surface area contributed by atoms with Crippen molar-refractivity contribution in [2.45, 2.75) is 30.6 Å². The van der Waals surface area contributed by atoms with Gasteiger partial charge in [-0.25, -0.2) is 0 Å². The minimum atomic E-state index is 0.181. The maximum Gasteiger partial charge on any atom is 0.233 e. The smallest absolute Gasteiger partial charge is 0.233 e. The van der Waals surface area contributed by atoms with E-state index in [1.165, 1.54) is 0 Å². The van der Waals surface area contributed by atoms with E-state index in [0.717, 1.165) is 25.0 Å². The third kappa shape index (κ3) is 2.17. The number of hydrogen-bond acceptors (Lipinski definition) is 3. The average molecular weight is 201 g/mol. The van der Waals surface area contributed by atoms with Crippen LogP contribution in [0.15, 0.2) is 0 Å². The molecule has 2 fully saturated rings. The number of thioether (sulfide) groups is 1. The van der Waals surface area contributed by atoms with Gasteiger partial charge in [0.2, 0.25) is 5.91 Å². The molecule has 0 aromatic rings. The fourth-order valence-corrected chi connectivity index (χ4v) is 2.86. The molecule has 2 aliphatic rings. The van der Waals surface area contributed by atoms with Crippen molar-refractivity contribution in [2.75, 3.05) is 12.4 Å². The Hall–Kier alpha value is -0.220. The summed E-state index contributed by atoms with van der Waals surface area (Å²) in [6, 6.07) is 0.263. The molecule has 2 N–H and O–H groups in total. The number of nitrogens with one attached hydrogen (secondary N) is 1. The van der Waals surface area contributed by atoms with Gasteiger partial charge in [0, 0.05) is 18.6 Å². The molecule has 0 radical (unpaired) electrons. The van der Waals surface area contributed by atoms with Crippen LogP contribution in [0, 0.1) is 5.92 Å². The number of carbonyl (C=O) groups is 1. The Balaban J connectivity index is 1.72. The predicted octanol–water partition coefficient (Wildman–Crippen LogP) is 0.379. The lowest BCUT2D eigenvalue weighted by molar-refractivity contribution is -0.120. The summed E-state index contributed by atoms with van der Waals surface area (Å²) in [5.74, 6) is 1.63. The van der Waals surface area contributed by atoms with Gasteiger partial charge in [-0.05, 0) is 25.0 Å². The third-order valence-corrected chi connectivity index (χ3v) is 4.08. The topological polar surface area (TPSA) is 49.3 Å². The van der Waals surface area contributed by atoms with Gasteiger partial charge in [0.1, 0.15) is 0 Å². The first kappa shape index (κ1) is 9.34. The summed E-state index contributed by atoms with van der Waals surface area (Å²) in [7, 11) is 0. The van der Waals surface area contributed by atoms with E-state index in [1.54, 1.807) is 11.8 Å². The fraction of sp³-hybridized carbons (Fsp3) is 0.889. The van der Waals surface area contributed by atoms with E-state index < -0.39 is 0 Å². The molecule has 1 saturated heterocycles. The number of hydrogen-bond donors (Lipinski definition) is 2. The minimum absolute atomic E-state index is 0.181. The summed E-state index contributed by atoms with van der Waals surface area (Å²) in [6.45, 7) is 0.211. The van der Waals surface area contributed by atoms with Crippen LogP contribution >= 0.6 is 11.8 Å². The van der Waals surface area contributed by atoms with Crippen molar-refractivity contribution >= 4 is 17.7 Å². The van der Waals surface area contributed by atoms with Crippen LogP contribution in [0.25, 0.3) is 0 Å². The second kappa shape index (κ2) is 3.88. The van der Waals surface area contributed by atoms with Crippen molar-refractivity contribution < 1.29 is 9.90 Å². The Morgan fingerprint density at radius 3 is 3.00 bits per heavy atom. The van der Waals surface area contributed by atoms with Crippen LogP contribution < -0.4 is 5.32 Å². The summed E-state index contributed by atoms with van der Waals surface area (Å²) < 4.78 is 0. The van der Waals surface area contributed by atoms with E-state index in [2.05, 4.69) is 5.32 Å². The Morgan fingerprint density at radius 2 is 2.46 bits per heavy atom. The van der Waals surface area contributed by atoms with E-state index in [-0.39, 0.29) is 23.8 Å². The molecule has 13 heavy (non-hydrogen) atoms. The summed E-state index contributed by atoms with van der Waals surface area (Å²) in [4.78, 5) is 11.5. The summed E-state index contributed by atoms with van der Waals surface area (Å²) in [5, 5.41) is 12.0. The number of aliphatic hydroxyl groups excluding tert-OH is 1. The van der Waals surface area contributed by atoms with Crippen LogP contribution in [-0.2, 0) is 4.79 Å². The van der Waals surface area contributed by atoms with Gasteiger partial charge in [0.25, 0.3) is 0 Å². The number of carbonyl (C=O) groups excluding carboxylic acids is 1. The van der Waals surface area contributed by atoms with E-state index in [9.17, 15) is 4.79 Å². The molecule has 3 atom stereocenters. The Kier molecular flexibility index (Phi) is 2.79. The fourth-order valence-electron chi connectivity index (χ4n) is 1.69. The van der Waals surface area contributed by atoms with Crippen LogP contribution in [0.3, 0.4) is 0 Å². The molecule has 0 aromatic heterocycles. The van der Waals surface area contributed by atoms with E-state index in [4.69, 9.17) is 5.11 Å². The average Bonchev–Trinajstić information content (AvgIpc) is 2.68.